The molecule has 35 heavy (non-hydrogen) atoms. The number of anilines is 1. The van der Waals surface area contributed by atoms with E-state index < -0.39 is 29.3 Å². The summed E-state index contributed by atoms with van der Waals surface area (Å²) in [5, 5.41) is 15.6. The lowest BCUT2D eigenvalue weighted by atomic mass is 9.68. The minimum Gasteiger partial charge on any atom is -0.465 e. The van der Waals surface area contributed by atoms with Gasteiger partial charge in [0.05, 0.1) is 13.2 Å². The zero-order chi connectivity index (χ0) is 26.0. The summed E-state index contributed by atoms with van der Waals surface area (Å²) in [6, 6.07) is 6.33. The highest BCUT2D eigenvalue weighted by Gasteiger charge is 2.52. The lowest BCUT2D eigenvalue weighted by Crippen LogP contribution is -2.53. The Morgan fingerprint density at radius 3 is 2.17 bits per heavy atom. The van der Waals surface area contributed by atoms with Crippen molar-refractivity contribution < 1.29 is 29.0 Å². The van der Waals surface area contributed by atoms with Crippen molar-refractivity contribution in [1.29, 1.82) is 0 Å². The molecule has 194 valence electrons. The molecule has 1 aromatic carbocycles. The maximum atomic E-state index is 12.5. The third-order valence-electron chi connectivity index (χ3n) is 6.28. The van der Waals surface area contributed by atoms with Gasteiger partial charge in [0, 0.05) is 31.9 Å². The number of piperazine rings is 1. The predicted octanol–water partition coefficient (Wildman–Crippen LogP) is 1.31. The van der Waals surface area contributed by atoms with E-state index in [1.54, 1.807) is 36.1 Å². The zero-order valence-corrected chi connectivity index (χ0v) is 21.1. The van der Waals surface area contributed by atoms with E-state index in [2.05, 4.69) is 15.5 Å². The van der Waals surface area contributed by atoms with E-state index in [1.165, 1.54) is 0 Å². The lowest BCUT2D eigenvalue weighted by Gasteiger charge is -2.37. The van der Waals surface area contributed by atoms with Crippen molar-refractivity contribution in [2.45, 2.75) is 46.1 Å². The first-order chi connectivity index (χ1) is 16.8. The first-order valence-electron chi connectivity index (χ1n) is 12.3. The predicted molar refractivity (Wildman–Crippen MR) is 131 cm³/mol. The van der Waals surface area contributed by atoms with Crippen LogP contribution in [0.1, 0.15) is 51.7 Å². The Labute approximate surface area is 207 Å². The van der Waals surface area contributed by atoms with Crippen molar-refractivity contribution in [1.82, 2.24) is 15.1 Å². The number of esters is 1. The third-order valence-corrected chi connectivity index (χ3v) is 6.28. The average molecular weight is 491 g/mol. The molecule has 0 radical (unpaired) electrons. The first-order valence-corrected chi connectivity index (χ1v) is 12.3. The molecule has 1 atom stereocenters. The van der Waals surface area contributed by atoms with Crippen molar-refractivity contribution in [2.75, 3.05) is 51.7 Å². The van der Waals surface area contributed by atoms with Crippen LogP contribution < -0.4 is 10.6 Å². The summed E-state index contributed by atoms with van der Waals surface area (Å²) in [7, 11) is 1.99. The lowest BCUT2D eigenvalue weighted by molar-refractivity contribution is -0.167. The van der Waals surface area contributed by atoms with Gasteiger partial charge in [-0.3, -0.25) is 19.2 Å². The number of nitrogens with one attached hydrogen (secondary N) is 2. The summed E-state index contributed by atoms with van der Waals surface area (Å²) in [6.07, 6.45) is 0.318. The molecule has 1 saturated heterocycles. The van der Waals surface area contributed by atoms with Gasteiger partial charge >= 0.3 is 5.97 Å². The highest BCUT2D eigenvalue weighted by atomic mass is 16.5. The third kappa shape index (κ3) is 7.02. The topological polar surface area (TPSA) is 128 Å². The highest BCUT2D eigenvalue weighted by Crippen LogP contribution is 2.42. The van der Waals surface area contributed by atoms with Gasteiger partial charge in [-0.05, 0) is 44.5 Å². The van der Waals surface area contributed by atoms with E-state index >= 15 is 0 Å². The number of rotatable bonds is 8. The van der Waals surface area contributed by atoms with Crippen molar-refractivity contribution in [3.05, 3.63) is 29.8 Å². The average Bonchev–Trinajstić information content (AvgIpc) is 2.83. The van der Waals surface area contributed by atoms with E-state index in [0.29, 0.717) is 37.2 Å². The van der Waals surface area contributed by atoms with Gasteiger partial charge in [0.15, 0.2) is 6.10 Å². The summed E-state index contributed by atoms with van der Waals surface area (Å²) in [4.78, 5) is 53.2. The molecule has 3 amide bonds. The molecule has 3 rings (SSSR count). The smallest absolute Gasteiger partial charge is 0.321 e. The number of aliphatic hydroxyl groups is 1. The Morgan fingerprint density at radius 1 is 1.06 bits per heavy atom. The van der Waals surface area contributed by atoms with Gasteiger partial charge in [-0.2, -0.15) is 0 Å². The maximum absolute atomic E-state index is 12.5. The van der Waals surface area contributed by atoms with Gasteiger partial charge in [-0.1, -0.05) is 32.4 Å². The molecule has 1 aromatic rings. The number of nitrogens with zero attached hydrogens (tertiary/aromatic N) is 2. The van der Waals surface area contributed by atoms with Gasteiger partial charge < -0.3 is 30.3 Å². The molecule has 1 saturated carbocycles. The van der Waals surface area contributed by atoms with E-state index in [0.717, 1.165) is 19.5 Å². The van der Waals surface area contributed by atoms with E-state index in [-0.39, 0.29) is 19.1 Å². The fourth-order valence-corrected chi connectivity index (χ4v) is 3.95. The molecule has 0 aromatic heterocycles. The fraction of sp³-hybridized carbons (Fsp3) is 0.600. The Kier molecular flexibility index (Phi) is 10.7. The fourth-order valence-electron chi connectivity index (χ4n) is 3.95. The highest BCUT2D eigenvalue weighted by molar-refractivity contribution is 6.05. The molecule has 1 unspecified atom stereocenters. The molecule has 0 bridgehead atoms. The van der Waals surface area contributed by atoms with Crippen LogP contribution in [0, 0.1) is 5.41 Å². The molecular formula is C25H38N4O6. The standard InChI is InChI=1S/C23H32N4O6.C2H6/c1-3-33-22(32)23(9-4-10-23)21(31)24-15-18(28)25-17-7-5-16(6-8-17)19(29)20(30)27-13-11-26(2)12-14-27;1-2/h5-8,19,29H,3-4,9-15H2,1-2H3,(H,24,31)(H,25,28);1-2H3. The van der Waals surface area contributed by atoms with Crippen molar-refractivity contribution in [3.8, 4) is 0 Å². The monoisotopic (exact) mass is 490 g/mol. The minimum atomic E-state index is -1.26. The van der Waals surface area contributed by atoms with Crippen molar-refractivity contribution in [3.63, 3.8) is 0 Å². The SMILES string of the molecule is CC.CCOC(=O)C1(C(=O)NCC(=O)Nc2ccc(C(O)C(=O)N3CCN(C)CC3)cc2)CCC1. The molecule has 2 aliphatic rings. The Balaban J connectivity index is 0.00000210. The number of amides is 3. The minimum absolute atomic E-state index is 0.194. The van der Waals surface area contributed by atoms with Gasteiger partial charge in [0.2, 0.25) is 11.8 Å². The van der Waals surface area contributed by atoms with Crippen molar-refractivity contribution >= 4 is 29.4 Å². The van der Waals surface area contributed by atoms with Crippen LogP contribution in [-0.4, -0.2) is 85.0 Å². The number of benzene rings is 1. The molecule has 10 nitrogen and oxygen atoms in total. The van der Waals surface area contributed by atoms with E-state index in [1.807, 2.05) is 20.9 Å². The van der Waals surface area contributed by atoms with Gasteiger partial charge in [0.25, 0.3) is 5.91 Å². The van der Waals surface area contributed by atoms with Crippen LogP contribution in [0.5, 0.6) is 0 Å². The molecule has 2 fully saturated rings. The summed E-state index contributed by atoms with van der Waals surface area (Å²) >= 11 is 0. The summed E-state index contributed by atoms with van der Waals surface area (Å²) in [6.45, 7) is 8.27. The van der Waals surface area contributed by atoms with Gasteiger partial charge in [0.1, 0.15) is 5.41 Å². The van der Waals surface area contributed by atoms with Crippen LogP contribution in [0.2, 0.25) is 0 Å². The zero-order valence-electron chi connectivity index (χ0n) is 21.1. The maximum Gasteiger partial charge on any atom is 0.321 e. The van der Waals surface area contributed by atoms with E-state index in [9.17, 15) is 24.3 Å². The number of hydrogen-bond donors (Lipinski definition) is 3. The number of hydrogen-bond acceptors (Lipinski definition) is 7. The Morgan fingerprint density at radius 2 is 1.66 bits per heavy atom. The largest absolute Gasteiger partial charge is 0.465 e. The Hall–Kier alpha value is -2.98. The molecule has 10 heteroatoms. The van der Waals surface area contributed by atoms with Crippen molar-refractivity contribution in [2.24, 2.45) is 5.41 Å². The second kappa shape index (κ2) is 13.2. The second-order valence-corrected chi connectivity index (χ2v) is 8.54. The van der Waals surface area contributed by atoms with E-state index in [4.69, 9.17) is 4.74 Å². The molecule has 1 heterocycles. The molecular weight excluding hydrogens is 452 g/mol. The van der Waals surface area contributed by atoms with Crippen LogP contribution in [0.3, 0.4) is 0 Å². The summed E-state index contributed by atoms with van der Waals surface area (Å²) in [5.41, 5.74) is -0.294. The molecule has 1 aliphatic heterocycles. The normalized spacial score (nSPS) is 17.7. The van der Waals surface area contributed by atoms with Crippen LogP contribution in [0.15, 0.2) is 24.3 Å². The molecule has 0 spiro atoms. The summed E-state index contributed by atoms with van der Waals surface area (Å²) < 4.78 is 5.01. The number of carbonyl (C=O) groups is 4. The van der Waals surface area contributed by atoms with Crippen LogP contribution >= 0.6 is 0 Å². The van der Waals surface area contributed by atoms with Crippen LogP contribution in [-0.2, 0) is 23.9 Å². The molecule has 3 N–H and O–H groups in total. The summed E-state index contributed by atoms with van der Waals surface area (Å²) in [5.74, 6) is -1.84. The number of carbonyl (C=O) groups excluding carboxylic acids is 4. The van der Waals surface area contributed by atoms with Gasteiger partial charge in [-0.15, -0.1) is 0 Å². The quantitative estimate of drug-likeness (QED) is 0.370. The van der Waals surface area contributed by atoms with Crippen LogP contribution in [0.4, 0.5) is 5.69 Å². The van der Waals surface area contributed by atoms with Crippen LogP contribution in [0.25, 0.3) is 0 Å². The first kappa shape index (κ1) is 28.3. The molecule has 1 aliphatic carbocycles. The number of aliphatic hydroxyl groups excluding tert-OH is 1. The van der Waals surface area contributed by atoms with Gasteiger partial charge in [-0.25, -0.2) is 0 Å². The second-order valence-electron chi connectivity index (χ2n) is 8.54. The Bertz CT molecular complexity index is 876. The number of likely N-dealkylation sites (N-methyl/N-ethyl adjacent to an activating group) is 1. The number of ether oxygens (including phenoxy) is 1.